The Balaban J connectivity index is 1.39. The number of hydrogen-bond donors (Lipinski definition) is 1. The molecule has 0 aliphatic carbocycles. The number of hydrogen-bond acceptors (Lipinski definition) is 5. The summed E-state index contributed by atoms with van der Waals surface area (Å²) in [4.78, 5) is 25.7. The van der Waals surface area contributed by atoms with Crippen LogP contribution in [0.5, 0.6) is 0 Å². The minimum Gasteiger partial charge on any atom is -0.356 e. The number of piperidine rings is 1. The summed E-state index contributed by atoms with van der Waals surface area (Å²) in [5.74, 6) is 1.91. The summed E-state index contributed by atoms with van der Waals surface area (Å²) >= 11 is 0. The second kappa shape index (κ2) is 8.27. The maximum atomic E-state index is 11.3. The van der Waals surface area contributed by atoms with E-state index >= 15 is 0 Å². The summed E-state index contributed by atoms with van der Waals surface area (Å²) in [6.07, 6.45) is 3.33. The fourth-order valence-corrected chi connectivity index (χ4v) is 4.41. The van der Waals surface area contributed by atoms with Crippen LogP contribution in [0.15, 0.2) is 36.4 Å². The average molecular weight is 380 g/mol. The van der Waals surface area contributed by atoms with E-state index in [2.05, 4.69) is 38.3 Å². The van der Waals surface area contributed by atoms with Crippen molar-refractivity contribution in [2.75, 3.05) is 31.1 Å². The van der Waals surface area contributed by atoms with Crippen molar-refractivity contribution in [3.63, 3.8) is 0 Å². The van der Waals surface area contributed by atoms with Crippen molar-refractivity contribution in [1.29, 1.82) is 0 Å². The van der Waals surface area contributed by atoms with E-state index in [0.717, 1.165) is 68.3 Å². The zero-order valence-electron chi connectivity index (χ0n) is 16.8. The number of aryl methyl sites for hydroxylation is 1. The molecule has 148 valence electrons. The number of nitrogens with one attached hydrogen (secondary N) is 1. The lowest BCUT2D eigenvalue weighted by molar-refractivity contribution is -0.119. The number of likely N-dealkylation sites (tertiary alicyclic amines) is 1. The van der Waals surface area contributed by atoms with E-state index in [0.29, 0.717) is 12.1 Å². The third-order valence-electron chi connectivity index (χ3n) is 5.80. The molecule has 0 radical (unpaired) electrons. The Morgan fingerprint density at radius 3 is 2.54 bits per heavy atom. The second-order valence-electron chi connectivity index (χ2n) is 7.96. The van der Waals surface area contributed by atoms with Gasteiger partial charge in [0.1, 0.15) is 5.82 Å². The van der Waals surface area contributed by atoms with Gasteiger partial charge in [-0.05, 0) is 26.2 Å². The van der Waals surface area contributed by atoms with Crippen LogP contribution in [0.25, 0.3) is 11.4 Å². The summed E-state index contributed by atoms with van der Waals surface area (Å²) in [7, 11) is 0. The fourth-order valence-electron chi connectivity index (χ4n) is 4.41. The molecule has 6 heteroatoms. The molecule has 1 amide bonds. The number of amides is 1. The Morgan fingerprint density at radius 2 is 1.82 bits per heavy atom. The molecule has 4 rings (SSSR count). The Morgan fingerprint density at radius 1 is 1.07 bits per heavy atom. The van der Waals surface area contributed by atoms with Crippen LogP contribution < -0.4 is 10.2 Å². The van der Waals surface area contributed by atoms with Gasteiger partial charge in [-0.15, -0.1) is 0 Å². The molecule has 2 aromatic rings. The SMILES string of the molecule is CC(=O)N[C@@H]1CCN(C2CCN(c3cc(C)nc(-c4ccccc4)n3)CC2)C1. The molecule has 1 aromatic heterocycles. The lowest BCUT2D eigenvalue weighted by Crippen LogP contribution is -2.45. The highest BCUT2D eigenvalue weighted by molar-refractivity contribution is 5.73. The molecule has 2 aliphatic heterocycles. The molecular weight excluding hydrogens is 350 g/mol. The fraction of sp³-hybridized carbons (Fsp3) is 0.500. The van der Waals surface area contributed by atoms with Crippen LogP contribution in [0.4, 0.5) is 5.82 Å². The molecule has 0 bridgehead atoms. The van der Waals surface area contributed by atoms with Crippen LogP contribution >= 0.6 is 0 Å². The van der Waals surface area contributed by atoms with Gasteiger partial charge in [0.15, 0.2) is 5.82 Å². The predicted molar refractivity (Wildman–Crippen MR) is 111 cm³/mol. The smallest absolute Gasteiger partial charge is 0.217 e. The Bertz CT molecular complexity index is 817. The normalized spacial score (nSPS) is 21.1. The first-order valence-corrected chi connectivity index (χ1v) is 10.3. The van der Waals surface area contributed by atoms with Crippen molar-refractivity contribution < 1.29 is 4.79 Å². The van der Waals surface area contributed by atoms with Gasteiger partial charge >= 0.3 is 0 Å². The Hall–Kier alpha value is -2.47. The summed E-state index contributed by atoms with van der Waals surface area (Å²) < 4.78 is 0. The quantitative estimate of drug-likeness (QED) is 0.885. The predicted octanol–water partition coefficient (Wildman–Crippen LogP) is 2.63. The topological polar surface area (TPSA) is 61.4 Å². The Labute approximate surface area is 167 Å². The van der Waals surface area contributed by atoms with Crippen molar-refractivity contribution in [1.82, 2.24) is 20.2 Å². The largest absolute Gasteiger partial charge is 0.356 e. The summed E-state index contributed by atoms with van der Waals surface area (Å²) in [5.41, 5.74) is 2.06. The number of aromatic nitrogens is 2. The average Bonchev–Trinajstić information content (AvgIpc) is 3.16. The highest BCUT2D eigenvalue weighted by atomic mass is 16.1. The number of anilines is 1. The van der Waals surface area contributed by atoms with Crippen molar-refractivity contribution >= 4 is 11.7 Å². The molecule has 0 saturated carbocycles. The number of nitrogens with zero attached hydrogens (tertiary/aromatic N) is 4. The molecule has 1 atom stereocenters. The lowest BCUT2D eigenvalue weighted by Gasteiger charge is -2.37. The van der Waals surface area contributed by atoms with Crippen molar-refractivity contribution in [2.24, 2.45) is 0 Å². The van der Waals surface area contributed by atoms with E-state index in [1.165, 1.54) is 0 Å². The summed E-state index contributed by atoms with van der Waals surface area (Å²) in [6.45, 7) is 7.73. The van der Waals surface area contributed by atoms with E-state index in [-0.39, 0.29) is 5.91 Å². The molecule has 1 N–H and O–H groups in total. The highest BCUT2D eigenvalue weighted by Crippen LogP contribution is 2.26. The maximum absolute atomic E-state index is 11.3. The molecule has 28 heavy (non-hydrogen) atoms. The minimum absolute atomic E-state index is 0.0787. The van der Waals surface area contributed by atoms with Crippen LogP contribution in [0.3, 0.4) is 0 Å². The number of benzene rings is 1. The third-order valence-corrected chi connectivity index (χ3v) is 5.80. The van der Waals surface area contributed by atoms with E-state index in [1.54, 1.807) is 6.92 Å². The molecular formula is C22H29N5O. The number of carbonyl (C=O) groups is 1. The number of rotatable bonds is 4. The van der Waals surface area contributed by atoms with Gasteiger partial charge in [-0.1, -0.05) is 30.3 Å². The van der Waals surface area contributed by atoms with Gasteiger partial charge in [-0.2, -0.15) is 0 Å². The molecule has 1 aromatic carbocycles. The first-order valence-electron chi connectivity index (χ1n) is 10.3. The highest BCUT2D eigenvalue weighted by Gasteiger charge is 2.31. The van der Waals surface area contributed by atoms with Gasteiger partial charge in [0.05, 0.1) is 0 Å². The maximum Gasteiger partial charge on any atom is 0.217 e. The third kappa shape index (κ3) is 4.33. The molecule has 2 fully saturated rings. The van der Waals surface area contributed by atoms with Gasteiger partial charge in [0, 0.05) is 62.5 Å². The van der Waals surface area contributed by atoms with Crippen LogP contribution in [0.2, 0.25) is 0 Å². The molecule has 0 unspecified atom stereocenters. The summed E-state index contributed by atoms with van der Waals surface area (Å²) in [6, 6.07) is 13.2. The van der Waals surface area contributed by atoms with E-state index < -0.39 is 0 Å². The van der Waals surface area contributed by atoms with Crippen LogP contribution in [-0.4, -0.2) is 59.0 Å². The van der Waals surface area contributed by atoms with Crippen LogP contribution in [-0.2, 0) is 4.79 Å². The van der Waals surface area contributed by atoms with Gasteiger partial charge in [0.25, 0.3) is 0 Å². The van der Waals surface area contributed by atoms with E-state index in [9.17, 15) is 4.79 Å². The van der Waals surface area contributed by atoms with Crippen LogP contribution in [0, 0.1) is 6.92 Å². The standard InChI is InChI=1S/C22H29N5O/c1-16-14-21(25-22(23-16)18-6-4-3-5-7-18)26-12-9-20(10-13-26)27-11-8-19(15-27)24-17(2)28/h3-7,14,19-20H,8-13,15H2,1-2H3,(H,24,28)/t19-/m1/s1. The van der Waals surface area contributed by atoms with E-state index in [4.69, 9.17) is 4.98 Å². The lowest BCUT2D eigenvalue weighted by atomic mass is 10.0. The first kappa shape index (κ1) is 18.9. The van der Waals surface area contributed by atoms with Crippen LogP contribution in [0.1, 0.15) is 31.9 Å². The van der Waals surface area contributed by atoms with Gasteiger partial charge in [-0.3, -0.25) is 9.69 Å². The molecule has 6 nitrogen and oxygen atoms in total. The zero-order chi connectivity index (χ0) is 19.5. The van der Waals surface area contributed by atoms with Crippen molar-refractivity contribution in [3.05, 3.63) is 42.1 Å². The second-order valence-corrected chi connectivity index (χ2v) is 7.96. The van der Waals surface area contributed by atoms with Gasteiger partial charge in [-0.25, -0.2) is 9.97 Å². The first-order chi connectivity index (χ1) is 13.6. The zero-order valence-corrected chi connectivity index (χ0v) is 16.8. The molecule has 3 heterocycles. The number of carbonyl (C=O) groups excluding carboxylic acids is 1. The van der Waals surface area contributed by atoms with Crippen molar-refractivity contribution in [3.8, 4) is 11.4 Å². The minimum atomic E-state index is 0.0787. The molecule has 2 aliphatic rings. The summed E-state index contributed by atoms with van der Waals surface area (Å²) in [5, 5.41) is 3.07. The molecule has 0 spiro atoms. The van der Waals surface area contributed by atoms with Gasteiger partial charge in [0.2, 0.25) is 5.91 Å². The van der Waals surface area contributed by atoms with Crippen molar-refractivity contribution in [2.45, 2.75) is 45.2 Å². The molecule has 2 saturated heterocycles. The monoisotopic (exact) mass is 379 g/mol. The Kier molecular flexibility index (Phi) is 5.57. The van der Waals surface area contributed by atoms with E-state index in [1.807, 2.05) is 25.1 Å². The van der Waals surface area contributed by atoms with Gasteiger partial charge < -0.3 is 10.2 Å².